The number of rotatable bonds is 3. The molecule has 0 aromatic carbocycles. The number of nitrogens with one attached hydrogen (secondary N) is 1. The molecular weight excluding hydrogens is 458 g/mol. The van der Waals surface area contributed by atoms with Crippen molar-refractivity contribution in [3.05, 3.63) is 23.3 Å². The van der Waals surface area contributed by atoms with Gasteiger partial charge in [0.15, 0.2) is 0 Å². The Hall–Kier alpha value is -0.560. The Balaban J connectivity index is 1.17. The molecule has 1 nitrogen and oxygen atoms in total. The van der Waals surface area contributed by atoms with Crippen LogP contribution >= 0.6 is 0 Å². The van der Waals surface area contributed by atoms with Gasteiger partial charge in [-0.25, -0.2) is 0 Å². The van der Waals surface area contributed by atoms with Gasteiger partial charge in [0, 0.05) is 12.1 Å². The second-order valence-electron chi connectivity index (χ2n) is 15.8. The smallest absolute Gasteiger partial charge is 0.0129 e. The van der Waals surface area contributed by atoms with E-state index in [1.165, 1.54) is 128 Å². The summed E-state index contributed by atoms with van der Waals surface area (Å²) in [5, 5.41) is 4.53. The van der Waals surface area contributed by atoms with Gasteiger partial charge in [-0.3, -0.25) is 0 Å². The van der Waals surface area contributed by atoms with Crippen molar-refractivity contribution >= 4 is 0 Å². The summed E-state index contributed by atoms with van der Waals surface area (Å²) in [4.78, 5) is 0. The van der Waals surface area contributed by atoms with Gasteiger partial charge < -0.3 is 5.32 Å². The predicted molar refractivity (Wildman–Crippen MR) is 161 cm³/mol. The summed E-state index contributed by atoms with van der Waals surface area (Å²) in [6.45, 7) is 5.52. The van der Waals surface area contributed by atoms with Crippen molar-refractivity contribution in [3.8, 4) is 0 Å². The molecule has 0 aromatic rings. The second kappa shape index (κ2) is 11.0. The molecule has 6 aliphatic carbocycles. The number of fused-ring (bicyclic) bond motifs is 5. The fourth-order valence-corrected chi connectivity index (χ4v) is 12.1. The van der Waals surface area contributed by atoms with Crippen LogP contribution in [0.1, 0.15) is 142 Å². The lowest BCUT2D eigenvalue weighted by atomic mass is 9.51. The Morgan fingerprint density at radius 1 is 0.737 bits per heavy atom. The molecule has 0 radical (unpaired) electrons. The van der Waals surface area contributed by atoms with Gasteiger partial charge in [-0.1, -0.05) is 75.7 Å². The molecule has 9 atom stereocenters. The zero-order valence-corrected chi connectivity index (χ0v) is 25.1. The molecule has 212 valence electrons. The third-order valence-corrected chi connectivity index (χ3v) is 14.3. The van der Waals surface area contributed by atoms with E-state index in [0.717, 1.165) is 59.4 Å². The molecule has 3 saturated carbocycles. The zero-order valence-electron chi connectivity index (χ0n) is 25.1. The first-order chi connectivity index (χ1) is 18.6. The quantitative estimate of drug-likeness (QED) is 0.367. The molecule has 4 fully saturated rings. The third kappa shape index (κ3) is 4.61. The first-order valence-electron chi connectivity index (χ1n) is 17.8. The van der Waals surface area contributed by atoms with Gasteiger partial charge in [-0.2, -0.15) is 0 Å². The number of piperidine rings is 1. The van der Waals surface area contributed by atoms with Gasteiger partial charge in [-0.15, -0.1) is 0 Å². The van der Waals surface area contributed by atoms with Crippen LogP contribution in [0.3, 0.4) is 0 Å². The monoisotopic (exact) mass is 517 g/mol. The summed E-state index contributed by atoms with van der Waals surface area (Å²) in [7, 11) is 0. The highest BCUT2D eigenvalue weighted by atomic mass is 15.0. The second-order valence-corrected chi connectivity index (χ2v) is 15.8. The highest BCUT2D eigenvalue weighted by Gasteiger charge is 2.53. The van der Waals surface area contributed by atoms with Crippen molar-refractivity contribution in [1.29, 1.82) is 0 Å². The van der Waals surface area contributed by atoms with E-state index >= 15 is 0 Å². The molecule has 9 unspecified atom stereocenters. The van der Waals surface area contributed by atoms with Crippen LogP contribution in [0.2, 0.25) is 0 Å². The van der Waals surface area contributed by atoms with Crippen LogP contribution in [0, 0.1) is 52.8 Å². The van der Waals surface area contributed by atoms with Crippen LogP contribution in [0.15, 0.2) is 23.3 Å². The summed E-state index contributed by atoms with van der Waals surface area (Å²) in [6, 6.07) is 1.55. The fraction of sp³-hybridized carbons (Fsp3) is 0.892. The molecule has 0 spiro atoms. The largest absolute Gasteiger partial charge is 0.310 e. The minimum atomic E-state index is 0.550. The van der Waals surface area contributed by atoms with E-state index in [2.05, 4.69) is 31.3 Å². The Bertz CT molecular complexity index is 886. The first-order valence-corrected chi connectivity index (χ1v) is 17.8. The van der Waals surface area contributed by atoms with Crippen LogP contribution in [0.4, 0.5) is 0 Å². The lowest BCUT2D eigenvalue weighted by molar-refractivity contribution is -0.0467. The standard InChI is InChI=1S/C37H59N/c1-25-36(38-35(26-13-5-3-6-14-26)24-37(25,2)28-15-7-4-8-16-28)27-21-22-33-31-19-10-9-17-29(31)30-18-11-12-20-32(30)34(33)23-27/h12,20,25-28,30,32-36,38H,3-11,13-19,21-24H2,1-2H3. The maximum atomic E-state index is 4.53. The minimum Gasteiger partial charge on any atom is -0.310 e. The Morgan fingerprint density at radius 3 is 2.21 bits per heavy atom. The normalized spacial score (nSPS) is 46.8. The average Bonchev–Trinajstić information content (AvgIpc) is 2.99. The molecule has 1 aliphatic heterocycles. The maximum absolute atomic E-state index is 4.53. The van der Waals surface area contributed by atoms with Gasteiger partial charge in [-0.05, 0) is 143 Å². The van der Waals surface area contributed by atoms with E-state index in [1.54, 1.807) is 0 Å². The summed E-state index contributed by atoms with van der Waals surface area (Å²) in [6.07, 6.45) is 35.0. The minimum absolute atomic E-state index is 0.550. The summed E-state index contributed by atoms with van der Waals surface area (Å²) >= 11 is 0. The Labute approximate surface area is 235 Å². The van der Waals surface area contributed by atoms with Crippen LogP contribution in [0.25, 0.3) is 0 Å². The molecule has 1 N–H and O–H groups in total. The van der Waals surface area contributed by atoms with Crippen LogP contribution in [-0.2, 0) is 0 Å². The average molecular weight is 518 g/mol. The van der Waals surface area contributed by atoms with Gasteiger partial charge >= 0.3 is 0 Å². The highest BCUT2D eigenvalue weighted by molar-refractivity contribution is 5.31. The SMILES string of the molecule is CC1C(C2CCC3C4=C(CCCC4)C4CCC=CC4C3C2)NC(C2CCCCC2)CC1(C)C1CCCCC1. The molecule has 0 bridgehead atoms. The third-order valence-electron chi connectivity index (χ3n) is 14.3. The van der Waals surface area contributed by atoms with Gasteiger partial charge in [0.05, 0.1) is 0 Å². The molecule has 0 aromatic heterocycles. The van der Waals surface area contributed by atoms with Crippen LogP contribution in [-0.4, -0.2) is 12.1 Å². The van der Waals surface area contributed by atoms with Crippen LogP contribution in [0.5, 0.6) is 0 Å². The van der Waals surface area contributed by atoms with Crippen molar-refractivity contribution in [1.82, 2.24) is 5.32 Å². The van der Waals surface area contributed by atoms with E-state index in [9.17, 15) is 0 Å². The van der Waals surface area contributed by atoms with Gasteiger partial charge in [0.2, 0.25) is 0 Å². The van der Waals surface area contributed by atoms with Crippen LogP contribution < -0.4 is 5.32 Å². The summed E-state index contributed by atoms with van der Waals surface area (Å²) in [5.41, 5.74) is 4.54. The van der Waals surface area contributed by atoms with Crippen molar-refractivity contribution in [2.45, 2.75) is 154 Å². The first kappa shape index (κ1) is 26.3. The molecule has 0 amide bonds. The topological polar surface area (TPSA) is 12.0 Å². The molecular formula is C37H59N. The van der Waals surface area contributed by atoms with Crippen molar-refractivity contribution in [3.63, 3.8) is 0 Å². The Kier molecular flexibility index (Phi) is 7.64. The Morgan fingerprint density at radius 2 is 1.45 bits per heavy atom. The molecule has 38 heavy (non-hydrogen) atoms. The van der Waals surface area contributed by atoms with E-state index in [1.807, 2.05) is 11.1 Å². The molecule has 7 aliphatic rings. The number of hydrogen-bond donors (Lipinski definition) is 1. The van der Waals surface area contributed by atoms with E-state index in [4.69, 9.17) is 0 Å². The van der Waals surface area contributed by atoms with Crippen molar-refractivity contribution < 1.29 is 0 Å². The number of allylic oxidation sites excluding steroid dienone is 4. The lowest BCUT2D eigenvalue weighted by Gasteiger charge is -2.58. The van der Waals surface area contributed by atoms with Gasteiger partial charge in [0.1, 0.15) is 0 Å². The molecule has 1 heteroatoms. The zero-order chi connectivity index (χ0) is 25.7. The molecule has 1 heterocycles. The predicted octanol–water partition coefficient (Wildman–Crippen LogP) is 10.0. The van der Waals surface area contributed by atoms with Gasteiger partial charge in [0.25, 0.3) is 0 Å². The molecule has 1 saturated heterocycles. The summed E-state index contributed by atoms with van der Waals surface area (Å²) < 4.78 is 0. The van der Waals surface area contributed by atoms with Crippen molar-refractivity contribution in [2.24, 2.45) is 52.8 Å². The lowest BCUT2D eigenvalue weighted by Crippen LogP contribution is -2.62. The maximum Gasteiger partial charge on any atom is 0.0129 e. The molecule has 7 rings (SSSR count). The summed E-state index contributed by atoms with van der Waals surface area (Å²) in [5.74, 6) is 7.32. The van der Waals surface area contributed by atoms with Crippen molar-refractivity contribution in [2.75, 3.05) is 0 Å². The highest BCUT2D eigenvalue weighted by Crippen LogP contribution is 2.59. The van der Waals surface area contributed by atoms with E-state index in [0.29, 0.717) is 5.41 Å². The number of hydrogen-bond acceptors (Lipinski definition) is 1. The van der Waals surface area contributed by atoms with E-state index in [-0.39, 0.29) is 0 Å². The van der Waals surface area contributed by atoms with E-state index < -0.39 is 0 Å². The fourth-order valence-electron chi connectivity index (χ4n) is 12.1.